The van der Waals surface area contributed by atoms with E-state index < -0.39 is 0 Å². The molecule has 1 unspecified atom stereocenters. The lowest BCUT2D eigenvalue weighted by Gasteiger charge is -2.16. The Bertz CT molecular complexity index is 1360. The number of aromatic amines is 1. The maximum absolute atomic E-state index is 12.8. The van der Waals surface area contributed by atoms with Gasteiger partial charge in [-0.2, -0.15) is 5.10 Å². The lowest BCUT2D eigenvalue weighted by molar-refractivity contribution is -0.122. The van der Waals surface area contributed by atoms with Gasteiger partial charge in [-0.25, -0.2) is 0 Å². The maximum Gasteiger partial charge on any atom is 0.255 e. The predicted octanol–water partition coefficient (Wildman–Crippen LogP) is 5.05. The lowest BCUT2D eigenvalue weighted by atomic mass is 10.1. The molecular weight excluding hydrogens is 446 g/mol. The molecule has 0 aliphatic heterocycles. The number of carbonyl (C=O) groups excluding carboxylic acids is 2. The monoisotopic (exact) mass is 471 g/mol. The minimum absolute atomic E-state index is 0.0350. The van der Waals surface area contributed by atoms with Crippen LogP contribution in [-0.2, 0) is 11.3 Å². The Kier molecular flexibility index (Phi) is 6.98. The van der Waals surface area contributed by atoms with E-state index in [0.29, 0.717) is 21.8 Å². The molecule has 0 fully saturated rings. The number of aromatic nitrogens is 3. The standard InChI is InChI=1S/C26H25N5O2S/c1-17-11-13-19(14-12-17)24-29-30-26(34)31(24)16-23(32)27-18(2)21-9-6-10-22(15-21)28-25(33)20-7-4-3-5-8-20/h3-15,18H,16H2,1-2H3,(H,27,32)(H,28,33)(H,30,34). The fourth-order valence-electron chi connectivity index (χ4n) is 3.58. The molecule has 0 aliphatic carbocycles. The zero-order chi connectivity index (χ0) is 24.1. The molecule has 1 aromatic heterocycles. The van der Waals surface area contributed by atoms with Gasteiger partial charge >= 0.3 is 0 Å². The molecule has 2 amide bonds. The normalized spacial score (nSPS) is 11.6. The van der Waals surface area contributed by atoms with E-state index >= 15 is 0 Å². The van der Waals surface area contributed by atoms with Crippen molar-refractivity contribution in [3.05, 3.63) is 100 Å². The molecule has 172 valence electrons. The third-order valence-corrected chi connectivity index (χ3v) is 5.74. The van der Waals surface area contributed by atoms with E-state index in [-0.39, 0.29) is 24.4 Å². The highest BCUT2D eigenvalue weighted by molar-refractivity contribution is 7.71. The first-order chi connectivity index (χ1) is 16.4. The van der Waals surface area contributed by atoms with Crippen molar-refractivity contribution in [1.82, 2.24) is 20.1 Å². The molecule has 4 rings (SSSR count). The van der Waals surface area contributed by atoms with E-state index in [9.17, 15) is 9.59 Å². The second-order valence-electron chi connectivity index (χ2n) is 8.04. The average molecular weight is 472 g/mol. The minimum atomic E-state index is -0.273. The van der Waals surface area contributed by atoms with Crippen LogP contribution in [0.3, 0.4) is 0 Å². The van der Waals surface area contributed by atoms with Crippen molar-refractivity contribution < 1.29 is 9.59 Å². The van der Waals surface area contributed by atoms with Crippen LogP contribution < -0.4 is 10.6 Å². The molecule has 1 heterocycles. The van der Waals surface area contributed by atoms with Crippen molar-refractivity contribution >= 4 is 29.7 Å². The van der Waals surface area contributed by atoms with E-state index in [4.69, 9.17) is 12.2 Å². The van der Waals surface area contributed by atoms with Crippen LogP contribution in [0.15, 0.2) is 78.9 Å². The van der Waals surface area contributed by atoms with Crippen molar-refractivity contribution in [1.29, 1.82) is 0 Å². The Labute approximate surface area is 202 Å². The molecule has 0 radical (unpaired) electrons. The molecule has 0 bridgehead atoms. The summed E-state index contributed by atoms with van der Waals surface area (Å²) in [5.74, 6) is 0.225. The molecule has 7 nitrogen and oxygen atoms in total. The van der Waals surface area contributed by atoms with E-state index in [1.165, 1.54) is 0 Å². The molecule has 0 saturated heterocycles. The van der Waals surface area contributed by atoms with Crippen molar-refractivity contribution in [2.45, 2.75) is 26.4 Å². The number of H-pyrrole nitrogens is 1. The highest BCUT2D eigenvalue weighted by atomic mass is 32.1. The second kappa shape index (κ2) is 10.3. The molecule has 1 atom stereocenters. The van der Waals surface area contributed by atoms with Gasteiger partial charge in [-0.05, 0) is 55.9 Å². The van der Waals surface area contributed by atoms with Gasteiger partial charge in [-0.3, -0.25) is 19.3 Å². The van der Waals surface area contributed by atoms with E-state index in [0.717, 1.165) is 16.7 Å². The molecule has 0 aliphatic rings. The quantitative estimate of drug-likeness (QED) is 0.329. The first-order valence-corrected chi connectivity index (χ1v) is 11.3. The highest BCUT2D eigenvalue weighted by Crippen LogP contribution is 2.20. The molecule has 3 aromatic carbocycles. The molecular formula is C26H25N5O2S. The van der Waals surface area contributed by atoms with Crippen LogP contribution >= 0.6 is 12.2 Å². The summed E-state index contributed by atoms with van der Waals surface area (Å²) < 4.78 is 2.06. The number of nitrogens with one attached hydrogen (secondary N) is 3. The van der Waals surface area contributed by atoms with Gasteiger partial charge in [-0.1, -0.05) is 60.2 Å². The van der Waals surface area contributed by atoms with Gasteiger partial charge in [0, 0.05) is 16.8 Å². The van der Waals surface area contributed by atoms with Crippen LogP contribution in [0.4, 0.5) is 5.69 Å². The van der Waals surface area contributed by atoms with Crippen molar-refractivity contribution in [2.75, 3.05) is 5.32 Å². The number of anilines is 1. The zero-order valence-electron chi connectivity index (χ0n) is 18.9. The summed E-state index contributed by atoms with van der Waals surface area (Å²) in [6, 6.07) is 24.0. The Morgan fingerprint density at radius 3 is 2.50 bits per heavy atom. The number of hydrogen-bond donors (Lipinski definition) is 3. The molecule has 0 saturated carbocycles. The Balaban J connectivity index is 1.43. The van der Waals surface area contributed by atoms with Gasteiger partial charge in [0.1, 0.15) is 6.54 Å². The van der Waals surface area contributed by atoms with E-state index in [2.05, 4.69) is 20.8 Å². The zero-order valence-corrected chi connectivity index (χ0v) is 19.7. The molecule has 34 heavy (non-hydrogen) atoms. The summed E-state index contributed by atoms with van der Waals surface area (Å²) in [4.78, 5) is 25.3. The summed E-state index contributed by atoms with van der Waals surface area (Å²) >= 11 is 5.35. The third kappa shape index (κ3) is 5.47. The van der Waals surface area contributed by atoms with Crippen LogP contribution in [0.2, 0.25) is 0 Å². The Hall–Kier alpha value is -4.04. The Morgan fingerprint density at radius 2 is 1.76 bits per heavy atom. The summed E-state index contributed by atoms with van der Waals surface area (Å²) in [5, 5.41) is 13.0. The Morgan fingerprint density at radius 1 is 1.03 bits per heavy atom. The number of amides is 2. The van der Waals surface area contributed by atoms with E-state index in [1.807, 2.05) is 80.6 Å². The fourth-order valence-corrected chi connectivity index (χ4v) is 3.78. The number of carbonyl (C=O) groups is 2. The summed E-state index contributed by atoms with van der Waals surface area (Å²) in [6.07, 6.45) is 0. The SMILES string of the molecule is Cc1ccc(-c2n[nH]c(=S)n2CC(=O)NC(C)c2cccc(NC(=O)c3ccccc3)c2)cc1. The van der Waals surface area contributed by atoms with E-state index in [1.54, 1.807) is 16.7 Å². The van der Waals surface area contributed by atoms with Gasteiger partial charge in [-0.15, -0.1) is 0 Å². The highest BCUT2D eigenvalue weighted by Gasteiger charge is 2.15. The van der Waals surface area contributed by atoms with Crippen LogP contribution in [0.1, 0.15) is 34.5 Å². The average Bonchev–Trinajstić information content (AvgIpc) is 3.20. The fraction of sp³-hybridized carbons (Fsp3) is 0.154. The number of benzene rings is 3. The molecule has 4 aromatic rings. The van der Waals surface area contributed by atoms with Crippen LogP contribution in [-0.4, -0.2) is 26.6 Å². The lowest BCUT2D eigenvalue weighted by Crippen LogP contribution is -2.30. The van der Waals surface area contributed by atoms with Gasteiger partial charge < -0.3 is 10.6 Å². The second-order valence-corrected chi connectivity index (χ2v) is 8.43. The first-order valence-electron chi connectivity index (χ1n) is 10.9. The number of hydrogen-bond acceptors (Lipinski definition) is 4. The van der Waals surface area contributed by atoms with Crippen LogP contribution in [0.25, 0.3) is 11.4 Å². The molecule has 0 spiro atoms. The molecule has 3 N–H and O–H groups in total. The van der Waals surface area contributed by atoms with Gasteiger partial charge in [0.15, 0.2) is 10.6 Å². The summed E-state index contributed by atoms with van der Waals surface area (Å²) in [5.41, 5.74) is 4.12. The number of aryl methyl sites for hydroxylation is 1. The van der Waals surface area contributed by atoms with Crippen molar-refractivity contribution in [2.24, 2.45) is 0 Å². The number of nitrogens with zero attached hydrogens (tertiary/aromatic N) is 2. The topological polar surface area (TPSA) is 91.8 Å². The van der Waals surface area contributed by atoms with Gasteiger partial charge in [0.25, 0.3) is 5.91 Å². The summed E-state index contributed by atoms with van der Waals surface area (Å²) in [7, 11) is 0. The van der Waals surface area contributed by atoms with Crippen LogP contribution in [0.5, 0.6) is 0 Å². The predicted molar refractivity (Wildman–Crippen MR) is 135 cm³/mol. The van der Waals surface area contributed by atoms with Gasteiger partial charge in [0.2, 0.25) is 5.91 Å². The summed E-state index contributed by atoms with van der Waals surface area (Å²) in [6.45, 7) is 3.94. The molecule has 8 heteroatoms. The third-order valence-electron chi connectivity index (χ3n) is 5.43. The smallest absolute Gasteiger partial charge is 0.255 e. The van der Waals surface area contributed by atoms with Crippen molar-refractivity contribution in [3.8, 4) is 11.4 Å². The van der Waals surface area contributed by atoms with Crippen LogP contribution in [0, 0.1) is 11.7 Å². The van der Waals surface area contributed by atoms with Gasteiger partial charge in [0.05, 0.1) is 6.04 Å². The number of rotatable bonds is 7. The maximum atomic E-state index is 12.8. The van der Waals surface area contributed by atoms with Crippen molar-refractivity contribution in [3.63, 3.8) is 0 Å². The largest absolute Gasteiger partial charge is 0.348 e. The minimum Gasteiger partial charge on any atom is -0.348 e. The first kappa shape index (κ1) is 23.1.